The number of hydrogen-bond donors (Lipinski definition) is 2. The van der Waals surface area contributed by atoms with E-state index in [1.54, 1.807) is 4.98 Å². The largest absolute Gasteiger partial charge is 0.446 e. The number of aromatic nitrogens is 2. The summed E-state index contributed by atoms with van der Waals surface area (Å²) in [5.41, 5.74) is -6.42. The maximum absolute atomic E-state index is 11.7. The highest BCUT2D eigenvalue weighted by atomic mass is 32.2. The minimum Gasteiger partial charge on any atom is -0.313 e. The highest BCUT2D eigenvalue weighted by molar-refractivity contribution is 8.00. The standard InChI is InChI=1S/C5H3F3N2O2S/c6-5(7,8)13-2-1-9-4(12)10-3(2)11/h1H,(H2,9,10,11,12). The second-order valence-electron chi connectivity index (χ2n) is 1.98. The summed E-state index contributed by atoms with van der Waals surface area (Å²) in [5, 5.41) is 0. The van der Waals surface area contributed by atoms with Gasteiger partial charge in [-0.2, -0.15) is 13.2 Å². The van der Waals surface area contributed by atoms with Crippen LogP contribution in [0.4, 0.5) is 13.2 Å². The molecule has 8 heteroatoms. The van der Waals surface area contributed by atoms with Gasteiger partial charge in [-0.25, -0.2) is 4.79 Å². The lowest BCUT2D eigenvalue weighted by molar-refractivity contribution is -0.0328. The van der Waals surface area contributed by atoms with Crippen LogP contribution in [-0.4, -0.2) is 15.5 Å². The topological polar surface area (TPSA) is 65.7 Å². The number of halogens is 3. The van der Waals surface area contributed by atoms with E-state index in [1.165, 1.54) is 0 Å². The average Bonchev–Trinajstić information content (AvgIpc) is 1.93. The lowest BCUT2D eigenvalue weighted by Gasteiger charge is -2.02. The molecule has 0 bridgehead atoms. The summed E-state index contributed by atoms with van der Waals surface area (Å²) in [6.07, 6.45) is 0.722. The van der Waals surface area contributed by atoms with Gasteiger partial charge in [-0.15, -0.1) is 0 Å². The van der Waals surface area contributed by atoms with Gasteiger partial charge in [0.15, 0.2) is 0 Å². The Hall–Kier alpha value is -1.18. The zero-order valence-corrected chi connectivity index (χ0v) is 6.75. The third-order valence-electron chi connectivity index (χ3n) is 1.01. The molecule has 72 valence electrons. The van der Waals surface area contributed by atoms with Crippen molar-refractivity contribution in [3.63, 3.8) is 0 Å². The van der Waals surface area contributed by atoms with Gasteiger partial charge >= 0.3 is 11.2 Å². The highest BCUT2D eigenvalue weighted by Gasteiger charge is 2.30. The van der Waals surface area contributed by atoms with E-state index in [4.69, 9.17) is 0 Å². The summed E-state index contributed by atoms with van der Waals surface area (Å²) in [7, 11) is 0. The molecule has 0 aliphatic heterocycles. The minimum atomic E-state index is -4.54. The number of hydrogen-bond acceptors (Lipinski definition) is 3. The van der Waals surface area contributed by atoms with Crippen molar-refractivity contribution < 1.29 is 13.2 Å². The van der Waals surface area contributed by atoms with Gasteiger partial charge in [0.1, 0.15) is 0 Å². The summed E-state index contributed by atoms with van der Waals surface area (Å²) in [5.74, 6) is 0. The number of alkyl halides is 3. The van der Waals surface area contributed by atoms with Crippen LogP contribution in [0.15, 0.2) is 20.7 Å². The van der Waals surface area contributed by atoms with Crippen molar-refractivity contribution in [1.82, 2.24) is 9.97 Å². The van der Waals surface area contributed by atoms with Crippen LogP contribution in [0.3, 0.4) is 0 Å². The molecule has 0 saturated heterocycles. The van der Waals surface area contributed by atoms with Crippen molar-refractivity contribution in [3.8, 4) is 0 Å². The molecule has 2 N–H and O–H groups in total. The number of nitrogens with one attached hydrogen (secondary N) is 2. The lowest BCUT2D eigenvalue weighted by Crippen LogP contribution is -2.23. The fraction of sp³-hybridized carbons (Fsp3) is 0.200. The fourth-order valence-electron chi connectivity index (χ4n) is 0.598. The van der Waals surface area contributed by atoms with Crippen LogP contribution in [0.2, 0.25) is 0 Å². The Kier molecular flexibility index (Phi) is 2.50. The third-order valence-corrected chi connectivity index (χ3v) is 1.77. The molecular formula is C5H3F3N2O2S. The van der Waals surface area contributed by atoms with Crippen LogP contribution in [0.25, 0.3) is 0 Å². The van der Waals surface area contributed by atoms with Crippen molar-refractivity contribution in [3.05, 3.63) is 27.0 Å². The van der Waals surface area contributed by atoms with Gasteiger partial charge in [-0.05, 0) is 11.8 Å². The second kappa shape index (κ2) is 3.29. The molecular weight excluding hydrogens is 209 g/mol. The van der Waals surface area contributed by atoms with Crippen molar-refractivity contribution in [1.29, 1.82) is 0 Å². The molecule has 0 atom stereocenters. The van der Waals surface area contributed by atoms with Crippen LogP contribution < -0.4 is 11.2 Å². The molecule has 1 aromatic rings. The summed E-state index contributed by atoms with van der Waals surface area (Å²) in [6.45, 7) is 0. The number of rotatable bonds is 1. The fourth-order valence-corrected chi connectivity index (χ4v) is 1.11. The first kappa shape index (κ1) is 9.90. The van der Waals surface area contributed by atoms with Crippen molar-refractivity contribution in [2.45, 2.75) is 10.4 Å². The van der Waals surface area contributed by atoms with E-state index >= 15 is 0 Å². The molecule has 0 aliphatic carbocycles. The van der Waals surface area contributed by atoms with Crippen LogP contribution in [-0.2, 0) is 0 Å². The molecule has 0 spiro atoms. The summed E-state index contributed by atoms with van der Waals surface area (Å²) >= 11 is -0.578. The molecule has 0 fully saturated rings. The maximum atomic E-state index is 11.7. The normalized spacial score (nSPS) is 11.6. The van der Waals surface area contributed by atoms with Gasteiger partial charge in [0.2, 0.25) is 0 Å². The third kappa shape index (κ3) is 2.98. The molecule has 1 rings (SSSR count). The molecule has 0 unspecified atom stereocenters. The first-order valence-electron chi connectivity index (χ1n) is 2.96. The highest BCUT2D eigenvalue weighted by Crippen LogP contribution is 2.34. The van der Waals surface area contributed by atoms with Gasteiger partial charge in [0.05, 0.1) is 4.90 Å². The zero-order chi connectivity index (χ0) is 10.1. The van der Waals surface area contributed by atoms with Crippen molar-refractivity contribution >= 4 is 11.8 Å². The van der Waals surface area contributed by atoms with Crippen LogP contribution in [0.1, 0.15) is 0 Å². The molecule has 1 heterocycles. The molecule has 0 saturated carbocycles. The van der Waals surface area contributed by atoms with Gasteiger partial charge in [-0.3, -0.25) is 9.78 Å². The van der Waals surface area contributed by atoms with Crippen molar-refractivity contribution in [2.24, 2.45) is 0 Å². The van der Waals surface area contributed by atoms with Crippen molar-refractivity contribution in [2.75, 3.05) is 0 Å². The average molecular weight is 212 g/mol. The molecule has 4 nitrogen and oxygen atoms in total. The molecule has 0 aliphatic rings. The number of thioether (sulfide) groups is 1. The van der Waals surface area contributed by atoms with Crippen LogP contribution in [0.5, 0.6) is 0 Å². The van der Waals surface area contributed by atoms with E-state index in [1.807, 2.05) is 4.98 Å². The van der Waals surface area contributed by atoms with E-state index in [0.29, 0.717) is 0 Å². The monoisotopic (exact) mass is 212 g/mol. The Morgan fingerprint density at radius 2 is 1.92 bits per heavy atom. The summed E-state index contributed by atoms with van der Waals surface area (Å²) < 4.78 is 35.2. The summed E-state index contributed by atoms with van der Waals surface area (Å²) in [4.78, 5) is 24.1. The van der Waals surface area contributed by atoms with Crippen LogP contribution in [0, 0.1) is 0 Å². The number of aromatic amines is 2. The Labute approximate surface area is 73.2 Å². The van der Waals surface area contributed by atoms with E-state index in [9.17, 15) is 22.8 Å². The Bertz CT molecular complexity index is 407. The van der Waals surface area contributed by atoms with Gasteiger partial charge < -0.3 is 4.98 Å². The van der Waals surface area contributed by atoms with E-state index in [0.717, 1.165) is 6.20 Å². The van der Waals surface area contributed by atoms with Gasteiger partial charge in [0, 0.05) is 6.20 Å². The minimum absolute atomic E-state index is 0.578. The molecule has 13 heavy (non-hydrogen) atoms. The van der Waals surface area contributed by atoms with E-state index in [2.05, 4.69) is 0 Å². The quantitative estimate of drug-likeness (QED) is 0.672. The first-order valence-corrected chi connectivity index (χ1v) is 3.78. The molecule has 0 radical (unpaired) electrons. The summed E-state index contributed by atoms with van der Waals surface area (Å²) in [6, 6.07) is 0. The van der Waals surface area contributed by atoms with Crippen LogP contribution >= 0.6 is 11.8 Å². The predicted molar refractivity (Wildman–Crippen MR) is 39.6 cm³/mol. The Balaban J connectivity index is 3.04. The lowest BCUT2D eigenvalue weighted by atomic mass is 10.7. The van der Waals surface area contributed by atoms with E-state index in [-0.39, 0.29) is 0 Å². The molecule has 1 aromatic heterocycles. The first-order chi connectivity index (χ1) is 5.88. The SMILES string of the molecule is O=c1[nH]cc(SC(F)(F)F)c(=O)[nH]1. The number of H-pyrrole nitrogens is 2. The zero-order valence-electron chi connectivity index (χ0n) is 5.94. The predicted octanol–water partition coefficient (Wildman–Crippen LogP) is 0.675. The van der Waals surface area contributed by atoms with E-state index < -0.39 is 33.4 Å². The maximum Gasteiger partial charge on any atom is 0.446 e. The molecule has 0 aromatic carbocycles. The second-order valence-corrected chi connectivity index (χ2v) is 3.09. The van der Waals surface area contributed by atoms with Gasteiger partial charge in [0.25, 0.3) is 5.56 Å². The molecule has 0 amide bonds. The Morgan fingerprint density at radius 1 is 1.31 bits per heavy atom. The Morgan fingerprint density at radius 3 is 2.38 bits per heavy atom. The van der Waals surface area contributed by atoms with Gasteiger partial charge in [-0.1, -0.05) is 0 Å². The smallest absolute Gasteiger partial charge is 0.313 e.